The molecule has 0 saturated carbocycles. The summed E-state index contributed by atoms with van der Waals surface area (Å²) in [7, 11) is 0. The molecule has 0 aliphatic carbocycles. The second-order valence-corrected chi connectivity index (χ2v) is 7.13. The average Bonchev–Trinajstić information content (AvgIpc) is 3.21. The number of hydrogen-bond acceptors (Lipinski definition) is 4. The minimum Gasteiger partial charge on any atom is -0.267 e. The molecule has 0 spiro atoms. The summed E-state index contributed by atoms with van der Waals surface area (Å²) in [5, 5.41) is 5.10. The first-order chi connectivity index (χ1) is 15.2. The summed E-state index contributed by atoms with van der Waals surface area (Å²) in [5.74, 6) is -0.366. The monoisotopic (exact) mass is 409 g/mol. The summed E-state index contributed by atoms with van der Waals surface area (Å²) in [6.07, 6.45) is 3.82. The van der Waals surface area contributed by atoms with Crippen LogP contribution in [0.3, 0.4) is 0 Å². The lowest BCUT2D eigenvalue weighted by Crippen LogP contribution is -2.32. The zero-order valence-corrected chi connectivity index (χ0v) is 16.8. The molecule has 31 heavy (non-hydrogen) atoms. The molecule has 1 N–H and O–H groups in total. The topological polar surface area (TPSA) is 81.3 Å². The van der Waals surface area contributed by atoms with E-state index in [-0.39, 0.29) is 11.5 Å². The van der Waals surface area contributed by atoms with Crippen molar-refractivity contribution in [3.8, 4) is 11.1 Å². The summed E-state index contributed by atoms with van der Waals surface area (Å²) in [4.78, 5) is 30.1. The fraction of sp³-hybridized carbons (Fsp3) is 0.0833. The summed E-state index contributed by atoms with van der Waals surface area (Å²) in [6, 6.07) is 20.5. The highest BCUT2D eigenvalue weighted by atomic mass is 16.2. The van der Waals surface area contributed by atoms with Crippen LogP contribution in [0.25, 0.3) is 27.7 Å². The summed E-state index contributed by atoms with van der Waals surface area (Å²) < 4.78 is 2.88. The standard InChI is InChI=1S/C24H19N5O2/c1-2-19-21(16-9-5-3-6-10-16)22-25-15-18-20(29(22)26-19)13-14-28(24(18)31)27-23(30)17-11-7-4-8-12-17/h3-15H,2H2,1H3,(H,27,30). The lowest BCUT2D eigenvalue weighted by molar-refractivity contribution is 0.101. The molecule has 0 aliphatic rings. The van der Waals surface area contributed by atoms with Crippen LogP contribution >= 0.6 is 0 Å². The van der Waals surface area contributed by atoms with Crippen molar-refractivity contribution < 1.29 is 4.79 Å². The van der Waals surface area contributed by atoms with Gasteiger partial charge in [0.25, 0.3) is 11.5 Å². The molecule has 0 fully saturated rings. The molecule has 0 unspecified atom stereocenters. The van der Waals surface area contributed by atoms with Gasteiger partial charge < -0.3 is 0 Å². The van der Waals surface area contributed by atoms with Crippen LogP contribution in [-0.4, -0.2) is 25.2 Å². The Labute approximate surface area is 177 Å². The van der Waals surface area contributed by atoms with Crippen LogP contribution in [0.1, 0.15) is 23.0 Å². The van der Waals surface area contributed by atoms with Gasteiger partial charge in [0.05, 0.1) is 16.6 Å². The molecule has 2 aromatic carbocycles. The maximum absolute atomic E-state index is 13.0. The number of hydrogen-bond donors (Lipinski definition) is 1. The number of aromatic nitrogens is 4. The predicted octanol–water partition coefficient (Wildman–Crippen LogP) is 3.66. The van der Waals surface area contributed by atoms with E-state index in [4.69, 9.17) is 5.10 Å². The van der Waals surface area contributed by atoms with Gasteiger partial charge in [-0.15, -0.1) is 0 Å². The van der Waals surface area contributed by atoms with Crippen molar-refractivity contribution >= 4 is 22.5 Å². The zero-order valence-electron chi connectivity index (χ0n) is 16.8. The van der Waals surface area contributed by atoms with Crippen LogP contribution < -0.4 is 11.0 Å². The second kappa shape index (κ2) is 7.53. The van der Waals surface area contributed by atoms with Gasteiger partial charge >= 0.3 is 0 Å². The van der Waals surface area contributed by atoms with Gasteiger partial charge in [-0.1, -0.05) is 55.5 Å². The molecule has 3 aromatic heterocycles. The Morgan fingerprint density at radius 1 is 1.00 bits per heavy atom. The van der Waals surface area contributed by atoms with E-state index in [0.717, 1.165) is 23.2 Å². The lowest BCUT2D eigenvalue weighted by atomic mass is 10.0. The van der Waals surface area contributed by atoms with Gasteiger partial charge in [-0.25, -0.2) is 14.2 Å². The smallest absolute Gasteiger partial charge is 0.267 e. The minimum absolute atomic E-state index is 0.366. The van der Waals surface area contributed by atoms with Crippen LogP contribution in [0, 0.1) is 0 Å². The third kappa shape index (κ3) is 3.16. The average molecular weight is 409 g/mol. The number of rotatable bonds is 4. The highest BCUT2D eigenvalue weighted by molar-refractivity contribution is 6.00. The van der Waals surface area contributed by atoms with E-state index >= 15 is 0 Å². The molecule has 5 rings (SSSR count). The van der Waals surface area contributed by atoms with Gasteiger partial charge in [0.15, 0.2) is 5.65 Å². The summed E-state index contributed by atoms with van der Waals surface area (Å²) in [6.45, 7) is 2.04. The molecule has 0 atom stereocenters. The quantitative estimate of drug-likeness (QED) is 0.491. The molecule has 1 amide bonds. The van der Waals surface area contributed by atoms with E-state index < -0.39 is 0 Å². The van der Waals surface area contributed by atoms with Crippen LogP contribution in [0.15, 0.2) is 83.9 Å². The van der Waals surface area contributed by atoms with Crippen molar-refractivity contribution in [2.24, 2.45) is 0 Å². The Bertz CT molecular complexity index is 1470. The van der Waals surface area contributed by atoms with Crippen molar-refractivity contribution in [2.45, 2.75) is 13.3 Å². The van der Waals surface area contributed by atoms with Gasteiger partial charge in [-0.05, 0) is 30.2 Å². The SMILES string of the molecule is CCc1nn2c(ncc3c(=O)n(NC(=O)c4ccccc4)ccc32)c1-c1ccccc1. The number of aryl methyl sites for hydroxylation is 1. The Morgan fingerprint density at radius 3 is 2.42 bits per heavy atom. The molecule has 7 nitrogen and oxygen atoms in total. The first-order valence-corrected chi connectivity index (χ1v) is 10.0. The zero-order chi connectivity index (χ0) is 21.4. The highest BCUT2D eigenvalue weighted by Crippen LogP contribution is 2.29. The Kier molecular flexibility index (Phi) is 4.55. The van der Waals surface area contributed by atoms with Crippen LogP contribution in [0.5, 0.6) is 0 Å². The van der Waals surface area contributed by atoms with Gasteiger partial charge in [0.1, 0.15) is 0 Å². The Balaban J connectivity index is 1.64. The van der Waals surface area contributed by atoms with Crippen molar-refractivity contribution in [1.29, 1.82) is 0 Å². The molecular formula is C24H19N5O2. The normalized spacial score (nSPS) is 11.1. The number of nitrogens with zero attached hydrogens (tertiary/aromatic N) is 4. The number of benzene rings is 2. The number of carbonyl (C=O) groups excluding carboxylic acids is 1. The molecular weight excluding hydrogens is 390 g/mol. The van der Waals surface area contributed by atoms with E-state index in [1.165, 1.54) is 4.68 Å². The largest absolute Gasteiger partial charge is 0.280 e. The maximum Gasteiger partial charge on any atom is 0.280 e. The van der Waals surface area contributed by atoms with Crippen molar-refractivity contribution in [3.05, 3.63) is 101 Å². The van der Waals surface area contributed by atoms with E-state index in [0.29, 0.717) is 22.1 Å². The fourth-order valence-corrected chi connectivity index (χ4v) is 3.71. The minimum atomic E-state index is -0.369. The molecule has 152 valence electrons. The number of fused-ring (bicyclic) bond motifs is 3. The summed E-state index contributed by atoms with van der Waals surface area (Å²) in [5.41, 5.74) is 6.96. The lowest BCUT2D eigenvalue weighted by Gasteiger charge is -2.09. The van der Waals surface area contributed by atoms with E-state index in [1.807, 2.05) is 43.3 Å². The third-order valence-corrected chi connectivity index (χ3v) is 5.24. The number of amides is 1. The van der Waals surface area contributed by atoms with Gasteiger partial charge in [-0.2, -0.15) is 5.10 Å². The molecule has 0 bridgehead atoms. The van der Waals surface area contributed by atoms with E-state index in [9.17, 15) is 9.59 Å². The van der Waals surface area contributed by atoms with Crippen molar-refractivity contribution in [2.75, 3.05) is 5.43 Å². The predicted molar refractivity (Wildman–Crippen MR) is 120 cm³/mol. The van der Waals surface area contributed by atoms with Crippen LogP contribution in [-0.2, 0) is 6.42 Å². The van der Waals surface area contributed by atoms with Gasteiger partial charge in [-0.3, -0.25) is 15.0 Å². The highest BCUT2D eigenvalue weighted by Gasteiger charge is 2.18. The molecule has 0 saturated heterocycles. The van der Waals surface area contributed by atoms with E-state index in [1.54, 1.807) is 47.2 Å². The van der Waals surface area contributed by atoms with Crippen molar-refractivity contribution in [1.82, 2.24) is 19.3 Å². The Morgan fingerprint density at radius 2 is 1.71 bits per heavy atom. The summed E-state index contributed by atoms with van der Waals surface area (Å²) >= 11 is 0. The number of nitrogens with one attached hydrogen (secondary N) is 1. The molecule has 0 radical (unpaired) electrons. The van der Waals surface area contributed by atoms with Crippen molar-refractivity contribution in [3.63, 3.8) is 0 Å². The molecule has 3 heterocycles. The fourth-order valence-electron chi connectivity index (χ4n) is 3.71. The Hall–Kier alpha value is -4.26. The van der Waals surface area contributed by atoms with E-state index in [2.05, 4.69) is 10.4 Å². The van der Waals surface area contributed by atoms with Crippen LogP contribution in [0.2, 0.25) is 0 Å². The second-order valence-electron chi connectivity index (χ2n) is 7.13. The number of pyridine rings is 1. The van der Waals surface area contributed by atoms with Crippen LogP contribution in [0.4, 0.5) is 0 Å². The van der Waals surface area contributed by atoms with Gasteiger partial charge in [0.2, 0.25) is 0 Å². The first-order valence-electron chi connectivity index (χ1n) is 10.0. The molecule has 0 aliphatic heterocycles. The molecule has 7 heteroatoms. The molecule has 5 aromatic rings. The van der Waals surface area contributed by atoms with Gasteiger partial charge in [0, 0.05) is 23.5 Å². The number of carbonyl (C=O) groups is 1. The maximum atomic E-state index is 13.0. The third-order valence-electron chi connectivity index (χ3n) is 5.24. The first kappa shape index (κ1) is 18.7.